The van der Waals surface area contributed by atoms with Crippen molar-refractivity contribution < 1.29 is 9.18 Å². The number of nitrogens with one attached hydrogen (secondary N) is 2. The van der Waals surface area contributed by atoms with E-state index in [9.17, 15) is 9.18 Å². The predicted molar refractivity (Wildman–Crippen MR) is 94.3 cm³/mol. The maximum atomic E-state index is 13.2. The van der Waals surface area contributed by atoms with E-state index in [1.54, 1.807) is 30.6 Å². The zero-order valence-electron chi connectivity index (χ0n) is 13.0. The van der Waals surface area contributed by atoms with Crippen LogP contribution >= 0.6 is 11.6 Å². The third-order valence-corrected chi connectivity index (χ3v) is 3.67. The molecule has 3 aromatic rings. The van der Waals surface area contributed by atoms with Crippen LogP contribution in [-0.4, -0.2) is 15.9 Å². The van der Waals surface area contributed by atoms with E-state index in [2.05, 4.69) is 20.6 Å². The molecule has 126 valence electrons. The molecule has 0 aliphatic heterocycles. The summed E-state index contributed by atoms with van der Waals surface area (Å²) < 4.78 is 13.2. The van der Waals surface area contributed by atoms with Crippen LogP contribution in [0.1, 0.15) is 16.1 Å². The first-order valence-electron chi connectivity index (χ1n) is 7.47. The summed E-state index contributed by atoms with van der Waals surface area (Å²) in [5.41, 5.74) is 2.49. The van der Waals surface area contributed by atoms with Crippen molar-refractivity contribution in [2.45, 2.75) is 6.54 Å². The van der Waals surface area contributed by atoms with Crippen molar-refractivity contribution in [1.82, 2.24) is 15.3 Å². The highest BCUT2D eigenvalue weighted by molar-refractivity contribution is 6.31. The summed E-state index contributed by atoms with van der Waals surface area (Å²) in [6, 6.07) is 11.3. The zero-order chi connectivity index (χ0) is 17.6. The fourth-order valence-corrected chi connectivity index (χ4v) is 2.30. The predicted octanol–water partition coefficient (Wildman–Crippen LogP) is 3.94. The highest BCUT2D eigenvalue weighted by atomic mass is 35.5. The molecule has 0 fully saturated rings. The summed E-state index contributed by atoms with van der Waals surface area (Å²) in [7, 11) is 0. The fourth-order valence-electron chi connectivity index (χ4n) is 2.12. The van der Waals surface area contributed by atoms with Gasteiger partial charge in [-0.15, -0.1) is 0 Å². The number of amides is 1. The molecule has 5 nitrogen and oxygen atoms in total. The van der Waals surface area contributed by atoms with Crippen LogP contribution in [0.4, 0.5) is 15.8 Å². The highest BCUT2D eigenvalue weighted by Gasteiger charge is 2.07. The van der Waals surface area contributed by atoms with Gasteiger partial charge >= 0.3 is 0 Å². The molecule has 0 saturated carbocycles. The molecule has 0 aliphatic carbocycles. The molecular formula is C18H14ClFN4O. The van der Waals surface area contributed by atoms with Gasteiger partial charge in [-0.2, -0.15) is 0 Å². The topological polar surface area (TPSA) is 66.9 Å². The van der Waals surface area contributed by atoms with Gasteiger partial charge in [-0.25, -0.2) is 9.37 Å². The molecule has 0 unspecified atom stereocenters. The molecule has 0 saturated heterocycles. The number of halogens is 2. The summed E-state index contributed by atoms with van der Waals surface area (Å²) in [6.45, 7) is 0.377. The molecule has 2 aromatic heterocycles. The summed E-state index contributed by atoms with van der Waals surface area (Å²) in [4.78, 5) is 20.2. The Morgan fingerprint density at radius 1 is 1.12 bits per heavy atom. The Morgan fingerprint density at radius 3 is 2.64 bits per heavy atom. The van der Waals surface area contributed by atoms with Crippen molar-refractivity contribution in [3.05, 3.63) is 83.2 Å². The quantitative estimate of drug-likeness (QED) is 0.726. The third-order valence-electron chi connectivity index (χ3n) is 3.38. The number of carbonyl (C=O) groups excluding carboxylic acids is 1. The van der Waals surface area contributed by atoms with E-state index in [0.717, 1.165) is 5.56 Å². The molecule has 0 atom stereocenters. The van der Waals surface area contributed by atoms with Crippen molar-refractivity contribution in [3.8, 4) is 0 Å². The van der Waals surface area contributed by atoms with E-state index in [1.165, 1.54) is 18.3 Å². The minimum absolute atomic E-state index is 0.0318. The van der Waals surface area contributed by atoms with Crippen molar-refractivity contribution in [2.24, 2.45) is 0 Å². The second-order valence-corrected chi connectivity index (χ2v) is 5.64. The van der Waals surface area contributed by atoms with Gasteiger partial charge in [0.1, 0.15) is 11.5 Å². The van der Waals surface area contributed by atoms with Crippen molar-refractivity contribution in [3.63, 3.8) is 0 Å². The number of hydrogen-bond acceptors (Lipinski definition) is 4. The largest absolute Gasteiger partial charge is 0.354 e. The minimum Gasteiger partial charge on any atom is -0.354 e. The fraction of sp³-hybridized carbons (Fsp3) is 0.0556. The Hall–Kier alpha value is -2.99. The van der Waals surface area contributed by atoms with E-state index in [0.29, 0.717) is 23.6 Å². The lowest BCUT2D eigenvalue weighted by molar-refractivity contribution is 0.0946. The molecule has 1 amide bonds. The monoisotopic (exact) mass is 356 g/mol. The van der Waals surface area contributed by atoms with Gasteiger partial charge in [-0.05, 0) is 42.0 Å². The SMILES string of the molecule is O=C(NCc1cccnc1)c1ccc(Nc2ccc(F)c(Cl)c2)cn1. The summed E-state index contributed by atoms with van der Waals surface area (Å²) in [5.74, 6) is -0.758. The van der Waals surface area contributed by atoms with Crippen molar-refractivity contribution >= 4 is 28.9 Å². The Kier molecular flexibility index (Phi) is 5.20. The average Bonchev–Trinajstić information content (AvgIpc) is 2.64. The van der Waals surface area contributed by atoms with Crippen LogP contribution < -0.4 is 10.6 Å². The van der Waals surface area contributed by atoms with Gasteiger partial charge in [0.25, 0.3) is 5.91 Å². The molecule has 0 bridgehead atoms. The lowest BCUT2D eigenvalue weighted by Gasteiger charge is -2.08. The zero-order valence-corrected chi connectivity index (χ0v) is 13.8. The lowest BCUT2D eigenvalue weighted by atomic mass is 10.2. The second-order valence-electron chi connectivity index (χ2n) is 5.23. The number of aromatic nitrogens is 2. The molecule has 25 heavy (non-hydrogen) atoms. The number of anilines is 2. The van der Waals surface area contributed by atoms with E-state index in [4.69, 9.17) is 11.6 Å². The molecule has 2 N–H and O–H groups in total. The standard InChI is InChI=1S/C18H14ClFN4O/c19-15-8-13(3-5-16(15)20)24-14-4-6-17(22-11-14)18(25)23-10-12-2-1-7-21-9-12/h1-9,11,24H,10H2,(H,23,25). The maximum Gasteiger partial charge on any atom is 0.270 e. The number of hydrogen-bond donors (Lipinski definition) is 2. The van der Waals surface area contributed by atoms with Crippen LogP contribution in [0.5, 0.6) is 0 Å². The third kappa shape index (κ3) is 4.51. The number of rotatable bonds is 5. The summed E-state index contributed by atoms with van der Waals surface area (Å²) in [5, 5.41) is 5.85. The van der Waals surface area contributed by atoms with Crippen LogP contribution in [0.25, 0.3) is 0 Å². The van der Waals surface area contributed by atoms with Gasteiger partial charge < -0.3 is 10.6 Å². The van der Waals surface area contributed by atoms with Gasteiger partial charge in [0, 0.05) is 24.6 Å². The van der Waals surface area contributed by atoms with E-state index in [1.807, 2.05) is 12.1 Å². The molecule has 7 heteroatoms. The Labute approximate surface area is 148 Å². The van der Waals surface area contributed by atoms with E-state index < -0.39 is 5.82 Å². The normalized spacial score (nSPS) is 10.3. The van der Waals surface area contributed by atoms with Crippen LogP contribution in [-0.2, 0) is 6.54 Å². The molecule has 2 heterocycles. The van der Waals surface area contributed by atoms with Crippen LogP contribution in [0.15, 0.2) is 61.1 Å². The lowest BCUT2D eigenvalue weighted by Crippen LogP contribution is -2.23. The maximum absolute atomic E-state index is 13.2. The highest BCUT2D eigenvalue weighted by Crippen LogP contribution is 2.22. The summed E-state index contributed by atoms with van der Waals surface area (Å²) >= 11 is 5.74. The number of benzene rings is 1. The minimum atomic E-state index is -0.481. The van der Waals surface area contributed by atoms with Gasteiger partial charge in [0.2, 0.25) is 0 Å². The van der Waals surface area contributed by atoms with E-state index >= 15 is 0 Å². The molecule has 0 radical (unpaired) electrons. The van der Waals surface area contributed by atoms with Gasteiger partial charge in [-0.3, -0.25) is 9.78 Å². The average molecular weight is 357 g/mol. The number of pyridine rings is 2. The summed E-state index contributed by atoms with van der Waals surface area (Å²) in [6.07, 6.45) is 4.89. The molecule has 3 rings (SSSR count). The second kappa shape index (κ2) is 7.72. The van der Waals surface area contributed by atoms with Crippen molar-refractivity contribution in [2.75, 3.05) is 5.32 Å². The first kappa shape index (κ1) is 16.9. The van der Waals surface area contributed by atoms with Crippen LogP contribution in [0.3, 0.4) is 0 Å². The molecule has 1 aromatic carbocycles. The molecule has 0 aliphatic rings. The Morgan fingerprint density at radius 2 is 1.96 bits per heavy atom. The van der Waals surface area contributed by atoms with Crippen LogP contribution in [0, 0.1) is 5.82 Å². The van der Waals surface area contributed by atoms with Crippen molar-refractivity contribution in [1.29, 1.82) is 0 Å². The van der Waals surface area contributed by atoms with Gasteiger partial charge in [0.15, 0.2) is 0 Å². The number of carbonyl (C=O) groups is 1. The molecular weight excluding hydrogens is 343 g/mol. The Bertz CT molecular complexity index is 872. The Balaban J connectivity index is 1.61. The van der Waals surface area contributed by atoms with Gasteiger partial charge in [-0.1, -0.05) is 17.7 Å². The number of nitrogens with zero attached hydrogens (tertiary/aromatic N) is 2. The van der Waals surface area contributed by atoms with Gasteiger partial charge in [0.05, 0.1) is 16.9 Å². The first-order valence-corrected chi connectivity index (χ1v) is 7.85. The first-order chi connectivity index (χ1) is 12.1. The van der Waals surface area contributed by atoms with Crippen LogP contribution in [0.2, 0.25) is 5.02 Å². The van der Waals surface area contributed by atoms with E-state index in [-0.39, 0.29) is 10.9 Å². The smallest absolute Gasteiger partial charge is 0.270 e. The molecule has 0 spiro atoms.